The van der Waals surface area contributed by atoms with Crippen LogP contribution in [0.3, 0.4) is 0 Å². The molecule has 0 radical (unpaired) electrons. The topological polar surface area (TPSA) is 98.0 Å². The molecule has 1 N–H and O–H groups in total. The van der Waals surface area contributed by atoms with E-state index >= 15 is 0 Å². The highest BCUT2D eigenvalue weighted by molar-refractivity contribution is 6.04. The molecule has 9 heteroatoms. The number of fused-ring (bicyclic) bond motifs is 3. The summed E-state index contributed by atoms with van der Waals surface area (Å²) >= 11 is 0. The Kier molecular flexibility index (Phi) is 4.99. The van der Waals surface area contributed by atoms with Crippen LogP contribution in [0.5, 0.6) is 0 Å². The maximum Gasteiger partial charge on any atom is 0.410 e. The number of piperidine rings is 1. The first-order valence-electron chi connectivity index (χ1n) is 11.2. The standard InChI is InChI=1S/C24H28N6O3/c1-24(2,3)33-23(32)29-9-7-17(8-10-29)30-21-18-11-15(16-12-26-27-13-16)5-6-19(18)25-14-20(21)28(4)22(30)31/h5-6,11-14,17H,7-10H2,1-4H3,(H,26,27). The van der Waals surface area contributed by atoms with Crippen molar-refractivity contribution in [2.24, 2.45) is 7.05 Å². The van der Waals surface area contributed by atoms with Gasteiger partial charge in [0, 0.05) is 43.3 Å². The van der Waals surface area contributed by atoms with Crippen LogP contribution in [0.2, 0.25) is 0 Å². The number of ether oxygens (including phenoxy) is 1. The lowest BCUT2D eigenvalue weighted by Gasteiger charge is -2.33. The van der Waals surface area contributed by atoms with E-state index in [4.69, 9.17) is 4.74 Å². The third-order valence-corrected chi connectivity index (χ3v) is 6.23. The highest BCUT2D eigenvalue weighted by Crippen LogP contribution is 2.32. The van der Waals surface area contributed by atoms with E-state index in [-0.39, 0.29) is 17.8 Å². The first kappa shape index (κ1) is 21.2. The monoisotopic (exact) mass is 448 g/mol. The summed E-state index contributed by atoms with van der Waals surface area (Å²) in [5, 5.41) is 7.83. The molecular formula is C24H28N6O3. The quantitative estimate of drug-likeness (QED) is 0.502. The summed E-state index contributed by atoms with van der Waals surface area (Å²) in [4.78, 5) is 32.1. The number of carbonyl (C=O) groups is 1. The maximum atomic E-state index is 13.3. The van der Waals surface area contributed by atoms with E-state index in [1.807, 2.05) is 43.7 Å². The summed E-state index contributed by atoms with van der Waals surface area (Å²) in [6.45, 7) is 6.69. The van der Waals surface area contributed by atoms with Crippen molar-refractivity contribution in [1.82, 2.24) is 29.2 Å². The van der Waals surface area contributed by atoms with E-state index in [1.54, 1.807) is 28.9 Å². The molecular weight excluding hydrogens is 420 g/mol. The van der Waals surface area contributed by atoms with Crippen molar-refractivity contribution < 1.29 is 9.53 Å². The first-order valence-corrected chi connectivity index (χ1v) is 11.2. The van der Waals surface area contributed by atoms with Crippen LogP contribution in [0.15, 0.2) is 41.6 Å². The maximum absolute atomic E-state index is 13.3. The van der Waals surface area contributed by atoms with Gasteiger partial charge in [0.1, 0.15) is 5.60 Å². The van der Waals surface area contributed by atoms with Crippen LogP contribution < -0.4 is 5.69 Å². The molecule has 1 aromatic carbocycles. The number of H-pyrrole nitrogens is 1. The fourth-order valence-electron chi connectivity index (χ4n) is 4.59. The van der Waals surface area contributed by atoms with Gasteiger partial charge in [0.2, 0.25) is 0 Å². The van der Waals surface area contributed by atoms with E-state index in [9.17, 15) is 9.59 Å². The van der Waals surface area contributed by atoms with E-state index in [0.29, 0.717) is 25.9 Å². The van der Waals surface area contributed by atoms with E-state index in [0.717, 1.165) is 33.1 Å². The normalized spacial score (nSPS) is 15.5. The van der Waals surface area contributed by atoms with E-state index < -0.39 is 5.60 Å². The van der Waals surface area contributed by atoms with Gasteiger partial charge in [-0.05, 0) is 51.3 Å². The molecule has 0 unspecified atom stereocenters. The van der Waals surface area contributed by atoms with Gasteiger partial charge in [0.25, 0.3) is 0 Å². The van der Waals surface area contributed by atoms with Crippen LogP contribution >= 0.6 is 0 Å². The Balaban J connectivity index is 1.55. The lowest BCUT2D eigenvalue weighted by Crippen LogP contribution is -2.43. The smallest absolute Gasteiger partial charge is 0.410 e. The summed E-state index contributed by atoms with van der Waals surface area (Å²) in [6, 6.07) is 6.05. The zero-order valence-electron chi connectivity index (χ0n) is 19.3. The molecule has 5 rings (SSSR count). The SMILES string of the molecule is Cn1c(=O)n(C2CCN(C(=O)OC(C)(C)C)CC2)c2c3cc(-c4cn[nH]c4)ccc3ncc21. The Labute approximate surface area is 191 Å². The molecule has 1 aliphatic heterocycles. The number of amides is 1. The van der Waals surface area contributed by atoms with Crippen LogP contribution in [0, 0.1) is 0 Å². The summed E-state index contributed by atoms with van der Waals surface area (Å²) in [7, 11) is 1.78. The molecule has 172 valence electrons. The number of nitrogens with zero attached hydrogens (tertiary/aromatic N) is 5. The molecule has 1 aliphatic rings. The Hall–Kier alpha value is -3.62. The molecule has 1 saturated heterocycles. The average Bonchev–Trinajstić information content (AvgIpc) is 3.40. The highest BCUT2D eigenvalue weighted by Gasteiger charge is 2.30. The van der Waals surface area contributed by atoms with Crippen LogP contribution in [0.4, 0.5) is 4.79 Å². The molecule has 33 heavy (non-hydrogen) atoms. The number of aromatic nitrogens is 5. The zero-order chi connectivity index (χ0) is 23.3. The number of imidazole rings is 1. The number of hydrogen-bond donors (Lipinski definition) is 1. The summed E-state index contributed by atoms with van der Waals surface area (Å²) < 4.78 is 9.07. The third kappa shape index (κ3) is 3.77. The Bertz CT molecular complexity index is 1390. The van der Waals surface area contributed by atoms with Gasteiger partial charge in [-0.1, -0.05) is 6.07 Å². The summed E-state index contributed by atoms with van der Waals surface area (Å²) in [6.07, 6.45) is 6.46. The van der Waals surface area contributed by atoms with E-state index in [1.165, 1.54) is 0 Å². The predicted octanol–water partition coefficient (Wildman–Crippen LogP) is 3.85. The Morgan fingerprint density at radius 1 is 1.15 bits per heavy atom. The van der Waals surface area contributed by atoms with Gasteiger partial charge in [-0.3, -0.25) is 19.2 Å². The lowest BCUT2D eigenvalue weighted by molar-refractivity contribution is 0.0188. The number of hydrogen-bond acceptors (Lipinski definition) is 5. The van der Waals surface area contributed by atoms with Crippen LogP contribution in [-0.4, -0.2) is 54.0 Å². The predicted molar refractivity (Wildman–Crippen MR) is 126 cm³/mol. The second-order valence-corrected chi connectivity index (χ2v) is 9.62. The van der Waals surface area contributed by atoms with Crippen LogP contribution in [-0.2, 0) is 11.8 Å². The Morgan fingerprint density at radius 2 is 1.91 bits per heavy atom. The molecule has 0 atom stereocenters. The number of nitrogens with one attached hydrogen (secondary N) is 1. The van der Waals surface area contributed by atoms with Crippen molar-refractivity contribution in [2.75, 3.05) is 13.1 Å². The Morgan fingerprint density at radius 3 is 2.58 bits per heavy atom. The molecule has 0 saturated carbocycles. The number of likely N-dealkylation sites (tertiary alicyclic amines) is 1. The largest absolute Gasteiger partial charge is 0.444 e. The summed E-state index contributed by atoms with van der Waals surface area (Å²) in [5.74, 6) is 0. The van der Waals surface area contributed by atoms with Crippen LogP contribution in [0.1, 0.15) is 39.7 Å². The number of benzene rings is 1. The van der Waals surface area contributed by atoms with Gasteiger partial charge in [0.05, 0.1) is 28.9 Å². The molecule has 0 bridgehead atoms. The number of carbonyl (C=O) groups excluding carboxylic acids is 1. The molecule has 0 spiro atoms. The molecule has 1 fully saturated rings. The molecule has 1 amide bonds. The third-order valence-electron chi connectivity index (χ3n) is 6.23. The second-order valence-electron chi connectivity index (χ2n) is 9.62. The van der Waals surface area contributed by atoms with E-state index in [2.05, 4.69) is 21.2 Å². The zero-order valence-corrected chi connectivity index (χ0v) is 19.3. The number of pyridine rings is 1. The first-order chi connectivity index (χ1) is 15.7. The minimum atomic E-state index is -0.529. The minimum Gasteiger partial charge on any atom is -0.444 e. The fraction of sp³-hybridized carbons (Fsp3) is 0.417. The van der Waals surface area contributed by atoms with Crippen molar-refractivity contribution in [2.45, 2.75) is 45.3 Å². The fourth-order valence-corrected chi connectivity index (χ4v) is 4.59. The molecule has 3 aromatic heterocycles. The highest BCUT2D eigenvalue weighted by atomic mass is 16.6. The second kappa shape index (κ2) is 7.75. The van der Waals surface area contributed by atoms with Gasteiger partial charge >= 0.3 is 11.8 Å². The van der Waals surface area contributed by atoms with Gasteiger partial charge in [0.15, 0.2) is 0 Å². The van der Waals surface area contributed by atoms with Gasteiger partial charge in [-0.15, -0.1) is 0 Å². The van der Waals surface area contributed by atoms with Crippen molar-refractivity contribution in [3.05, 3.63) is 47.3 Å². The number of aromatic amines is 1. The molecule has 0 aliphatic carbocycles. The average molecular weight is 449 g/mol. The minimum absolute atomic E-state index is 0.0110. The molecule has 4 heterocycles. The van der Waals surface area contributed by atoms with Crippen molar-refractivity contribution in [1.29, 1.82) is 0 Å². The number of rotatable bonds is 2. The lowest BCUT2D eigenvalue weighted by atomic mass is 10.0. The van der Waals surface area contributed by atoms with Gasteiger partial charge in [-0.2, -0.15) is 5.10 Å². The molecule has 9 nitrogen and oxygen atoms in total. The van der Waals surface area contributed by atoms with Crippen molar-refractivity contribution >= 4 is 28.0 Å². The van der Waals surface area contributed by atoms with Gasteiger partial charge in [-0.25, -0.2) is 9.59 Å². The van der Waals surface area contributed by atoms with Crippen LogP contribution in [0.25, 0.3) is 33.1 Å². The molecule has 4 aromatic rings. The van der Waals surface area contributed by atoms with Crippen molar-refractivity contribution in [3.8, 4) is 11.1 Å². The van der Waals surface area contributed by atoms with Crippen molar-refractivity contribution in [3.63, 3.8) is 0 Å². The summed E-state index contributed by atoms with van der Waals surface area (Å²) in [5.41, 5.74) is 3.90. The number of aryl methyl sites for hydroxylation is 1. The van der Waals surface area contributed by atoms with Gasteiger partial charge < -0.3 is 9.64 Å².